The van der Waals surface area contributed by atoms with E-state index in [1.165, 1.54) is 6.08 Å². The van der Waals surface area contributed by atoms with Gasteiger partial charge in [-0.25, -0.2) is 9.18 Å². The van der Waals surface area contributed by atoms with Crippen LogP contribution in [0, 0.1) is 34.5 Å². The van der Waals surface area contributed by atoms with Crippen LogP contribution in [0.1, 0.15) is 59.3 Å². The second kappa shape index (κ2) is 5.83. The number of carboxylic acids is 1. The lowest BCUT2D eigenvalue weighted by molar-refractivity contribution is -0.175. The Bertz CT molecular complexity index is 831. The van der Waals surface area contributed by atoms with Gasteiger partial charge in [-0.1, -0.05) is 26.3 Å². The van der Waals surface area contributed by atoms with Gasteiger partial charge in [0.1, 0.15) is 0 Å². The molecule has 0 saturated heterocycles. The maximum atomic E-state index is 16.8. The summed E-state index contributed by atoms with van der Waals surface area (Å²) in [6.45, 7) is 5.42. The molecule has 0 aromatic carbocycles. The molecule has 4 aliphatic rings. The number of Topliss-reactive ketones (excluding diaryl/α,β-unsaturated/α-hetero) is 2. The molecule has 5 nitrogen and oxygen atoms in total. The molecule has 0 amide bonds. The van der Waals surface area contributed by atoms with Crippen LogP contribution < -0.4 is 0 Å². The normalized spacial score (nSPS) is 47.6. The van der Waals surface area contributed by atoms with Crippen LogP contribution in [0.4, 0.5) is 4.39 Å². The maximum absolute atomic E-state index is 16.8. The van der Waals surface area contributed by atoms with E-state index in [4.69, 9.17) is 0 Å². The second-order valence-electron chi connectivity index (χ2n) is 9.90. The van der Waals surface area contributed by atoms with Gasteiger partial charge in [-0.05, 0) is 49.0 Å². The molecule has 0 aromatic heterocycles. The lowest BCUT2D eigenvalue weighted by Crippen LogP contribution is -2.65. The molecular formula is C22H27FO5. The summed E-state index contributed by atoms with van der Waals surface area (Å²) in [6.07, 6.45) is 3.57. The average molecular weight is 390 g/mol. The van der Waals surface area contributed by atoms with Crippen molar-refractivity contribution in [3.05, 3.63) is 11.6 Å². The maximum Gasteiger partial charge on any atom is 0.372 e. The molecule has 0 aliphatic heterocycles. The van der Waals surface area contributed by atoms with Gasteiger partial charge < -0.3 is 5.11 Å². The zero-order valence-corrected chi connectivity index (χ0v) is 16.6. The smallest absolute Gasteiger partial charge is 0.372 e. The zero-order valence-electron chi connectivity index (χ0n) is 16.6. The van der Waals surface area contributed by atoms with Gasteiger partial charge in [-0.15, -0.1) is 0 Å². The quantitative estimate of drug-likeness (QED) is 0.731. The Morgan fingerprint density at radius 2 is 1.86 bits per heavy atom. The molecule has 4 rings (SSSR count). The summed E-state index contributed by atoms with van der Waals surface area (Å²) in [4.78, 5) is 49.1. The van der Waals surface area contributed by atoms with Crippen molar-refractivity contribution in [2.45, 2.75) is 65.0 Å². The van der Waals surface area contributed by atoms with Gasteiger partial charge in [0.05, 0.1) is 0 Å². The van der Waals surface area contributed by atoms with E-state index in [1.54, 1.807) is 6.92 Å². The SMILES string of the molecule is C[C@@H]1C[C@H]2[C@@H]3CCC4=CC(=O)CC[C@]4(C)[C@@]3(F)C(=O)C[C@]2(C)[C@H]1C(=O)C(=O)O. The fraction of sp³-hybridized carbons (Fsp3) is 0.727. The summed E-state index contributed by atoms with van der Waals surface area (Å²) < 4.78 is 16.8. The van der Waals surface area contributed by atoms with Crippen LogP contribution in [0.2, 0.25) is 0 Å². The summed E-state index contributed by atoms with van der Waals surface area (Å²) in [5, 5.41) is 9.29. The van der Waals surface area contributed by atoms with Crippen LogP contribution in [-0.2, 0) is 19.2 Å². The summed E-state index contributed by atoms with van der Waals surface area (Å²) in [6, 6.07) is 0. The number of alkyl halides is 1. The van der Waals surface area contributed by atoms with Gasteiger partial charge in [0.2, 0.25) is 5.78 Å². The van der Waals surface area contributed by atoms with Crippen LogP contribution in [-0.4, -0.2) is 34.1 Å². The van der Waals surface area contributed by atoms with E-state index < -0.39 is 45.9 Å². The fourth-order valence-electron chi connectivity index (χ4n) is 7.35. The first kappa shape index (κ1) is 19.5. The van der Waals surface area contributed by atoms with E-state index in [9.17, 15) is 24.3 Å². The first-order valence-corrected chi connectivity index (χ1v) is 10.2. The Hall–Kier alpha value is -1.85. The van der Waals surface area contributed by atoms with Gasteiger partial charge in [-0.3, -0.25) is 14.4 Å². The van der Waals surface area contributed by atoms with Crippen LogP contribution >= 0.6 is 0 Å². The van der Waals surface area contributed by atoms with Crippen molar-refractivity contribution in [1.29, 1.82) is 0 Å². The van der Waals surface area contributed by atoms with Crippen LogP contribution in [0.5, 0.6) is 0 Å². The summed E-state index contributed by atoms with van der Waals surface area (Å²) in [5.41, 5.74) is -3.12. The lowest BCUT2D eigenvalue weighted by atomic mass is 9.44. The van der Waals surface area contributed by atoms with Gasteiger partial charge in [0, 0.05) is 30.1 Å². The average Bonchev–Trinajstić information content (AvgIpc) is 2.86. The van der Waals surface area contributed by atoms with Crippen molar-refractivity contribution in [1.82, 2.24) is 0 Å². The van der Waals surface area contributed by atoms with Crippen molar-refractivity contribution < 1.29 is 28.7 Å². The molecule has 4 aliphatic carbocycles. The summed E-state index contributed by atoms with van der Waals surface area (Å²) >= 11 is 0. The molecule has 0 radical (unpaired) electrons. The molecule has 6 heteroatoms. The van der Waals surface area contributed by atoms with Gasteiger partial charge in [0.15, 0.2) is 17.2 Å². The predicted octanol–water partition coefficient (Wildman–Crippen LogP) is 3.31. The van der Waals surface area contributed by atoms with Gasteiger partial charge in [0.25, 0.3) is 0 Å². The number of rotatable bonds is 2. The van der Waals surface area contributed by atoms with Crippen LogP contribution in [0.25, 0.3) is 0 Å². The Morgan fingerprint density at radius 1 is 1.18 bits per heavy atom. The molecule has 0 spiro atoms. The Labute approximate surface area is 163 Å². The molecule has 0 bridgehead atoms. The van der Waals surface area contributed by atoms with Crippen molar-refractivity contribution in [2.24, 2.45) is 34.5 Å². The number of fused-ring (bicyclic) bond motifs is 5. The molecular weight excluding hydrogens is 363 g/mol. The lowest BCUT2D eigenvalue weighted by Gasteiger charge is -2.59. The van der Waals surface area contributed by atoms with Crippen molar-refractivity contribution in [3.8, 4) is 0 Å². The van der Waals surface area contributed by atoms with E-state index in [0.29, 0.717) is 25.7 Å². The molecule has 0 unspecified atom stereocenters. The molecule has 3 fully saturated rings. The number of carboxylic acid groups (broad SMARTS) is 1. The Morgan fingerprint density at radius 3 is 2.50 bits per heavy atom. The highest BCUT2D eigenvalue weighted by Gasteiger charge is 2.72. The third-order valence-corrected chi connectivity index (χ3v) is 8.63. The highest BCUT2D eigenvalue weighted by Crippen LogP contribution is 2.69. The Kier molecular flexibility index (Phi) is 4.05. The van der Waals surface area contributed by atoms with Gasteiger partial charge >= 0.3 is 5.97 Å². The van der Waals surface area contributed by atoms with E-state index in [-0.39, 0.29) is 30.5 Å². The highest BCUT2D eigenvalue weighted by molar-refractivity contribution is 6.34. The van der Waals surface area contributed by atoms with E-state index in [1.807, 2.05) is 13.8 Å². The first-order valence-electron chi connectivity index (χ1n) is 10.2. The van der Waals surface area contributed by atoms with Crippen LogP contribution in [0.3, 0.4) is 0 Å². The molecule has 1 N–H and O–H groups in total. The van der Waals surface area contributed by atoms with Crippen molar-refractivity contribution in [3.63, 3.8) is 0 Å². The molecule has 152 valence electrons. The fourth-order valence-corrected chi connectivity index (χ4v) is 7.35. The number of allylic oxidation sites excluding steroid dienone is 1. The third-order valence-electron chi connectivity index (χ3n) is 8.63. The topological polar surface area (TPSA) is 88.5 Å². The van der Waals surface area contributed by atoms with Crippen molar-refractivity contribution >= 4 is 23.3 Å². The highest BCUT2D eigenvalue weighted by atomic mass is 19.1. The van der Waals surface area contributed by atoms with Gasteiger partial charge in [-0.2, -0.15) is 0 Å². The summed E-state index contributed by atoms with van der Waals surface area (Å²) in [7, 11) is 0. The number of carbonyl (C=O) groups is 4. The predicted molar refractivity (Wildman–Crippen MR) is 98.1 cm³/mol. The van der Waals surface area contributed by atoms with Crippen molar-refractivity contribution in [2.75, 3.05) is 0 Å². The monoisotopic (exact) mass is 390 g/mol. The number of hydrogen-bond acceptors (Lipinski definition) is 4. The number of aliphatic carboxylic acids is 1. The zero-order chi connectivity index (χ0) is 20.6. The standard InChI is InChI=1S/C22H27FO5/c1-11-8-15-14-5-4-12-9-13(24)6-7-21(12,3)22(14,23)16(25)10-20(15,2)17(11)18(26)19(27)28/h9,11,14-15,17H,4-8,10H2,1-3H3,(H,27,28)/t11-,14+,15+,17-,20+,21+,22+/m1/s1. The third kappa shape index (κ3) is 2.17. The van der Waals surface area contributed by atoms with E-state index >= 15 is 4.39 Å². The molecule has 7 atom stereocenters. The molecule has 0 heterocycles. The first-order chi connectivity index (χ1) is 13.0. The van der Waals surface area contributed by atoms with Crippen LogP contribution in [0.15, 0.2) is 11.6 Å². The second-order valence-corrected chi connectivity index (χ2v) is 9.90. The number of ketones is 3. The van der Waals surface area contributed by atoms with E-state index in [2.05, 4.69) is 0 Å². The minimum absolute atomic E-state index is 0.00997. The number of hydrogen-bond donors (Lipinski definition) is 1. The molecule has 0 aromatic rings. The number of carbonyl (C=O) groups excluding carboxylic acids is 3. The minimum atomic E-state index is -2.05. The molecule has 3 saturated carbocycles. The van der Waals surface area contributed by atoms with E-state index in [0.717, 1.165) is 5.57 Å². The number of halogens is 1. The summed E-state index contributed by atoms with van der Waals surface area (Å²) in [5.74, 6) is -4.58. The Balaban J connectivity index is 1.80. The minimum Gasteiger partial charge on any atom is -0.475 e. The largest absolute Gasteiger partial charge is 0.475 e. The molecule has 28 heavy (non-hydrogen) atoms.